The summed E-state index contributed by atoms with van der Waals surface area (Å²) in [5.41, 5.74) is 1.41. The Morgan fingerprint density at radius 1 is 1.35 bits per heavy atom. The molecule has 0 amide bonds. The molecule has 1 aliphatic rings. The first kappa shape index (κ1) is 15.2. The summed E-state index contributed by atoms with van der Waals surface area (Å²) in [6.45, 7) is 13.2. The van der Waals surface area contributed by atoms with Gasteiger partial charge in [0.2, 0.25) is 0 Å². The Hall–Kier alpha value is -1.16. The fourth-order valence-electron chi connectivity index (χ4n) is 2.70. The van der Waals surface area contributed by atoms with Gasteiger partial charge in [0.05, 0.1) is 11.9 Å². The van der Waals surface area contributed by atoms with E-state index in [9.17, 15) is 0 Å². The number of rotatable bonds is 5. The fraction of sp³-hybridized carbons (Fsp3) is 0.750. The third-order valence-electron chi connectivity index (χ3n) is 4.14. The first-order valence-corrected chi connectivity index (χ1v) is 7.77. The second-order valence-electron chi connectivity index (χ2n) is 6.84. The van der Waals surface area contributed by atoms with Crippen LogP contribution in [0.4, 0.5) is 5.82 Å². The third kappa shape index (κ3) is 3.92. The van der Waals surface area contributed by atoms with Crippen LogP contribution >= 0.6 is 0 Å². The smallest absolute Gasteiger partial charge is 0.147 e. The molecule has 4 heteroatoms. The topological polar surface area (TPSA) is 41.1 Å². The highest BCUT2D eigenvalue weighted by Gasteiger charge is 2.32. The van der Waals surface area contributed by atoms with E-state index in [-0.39, 0.29) is 0 Å². The summed E-state index contributed by atoms with van der Waals surface area (Å²) in [5.74, 6) is 1.78. The van der Waals surface area contributed by atoms with Crippen LogP contribution in [0.15, 0.2) is 12.4 Å². The Bertz CT molecular complexity index is 425. The van der Waals surface area contributed by atoms with Crippen molar-refractivity contribution in [3.63, 3.8) is 0 Å². The van der Waals surface area contributed by atoms with Gasteiger partial charge in [-0.15, -0.1) is 0 Å². The number of hydrogen-bond donors (Lipinski definition) is 1. The Morgan fingerprint density at radius 2 is 2.15 bits per heavy atom. The maximum Gasteiger partial charge on any atom is 0.147 e. The summed E-state index contributed by atoms with van der Waals surface area (Å²) in [6, 6.07) is 0. The van der Waals surface area contributed by atoms with Gasteiger partial charge in [0.1, 0.15) is 5.82 Å². The van der Waals surface area contributed by atoms with Crippen molar-refractivity contribution in [2.75, 3.05) is 24.5 Å². The van der Waals surface area contributed by atoms with Gasteiger partial charge in [0.15, 0.2) is 0 Å². The SMILES string of the molecule is CCCNCc1cncc(N2CCC(C(C)(C)C)C2)n1. The van der Waals surface area contributed by atoms with Gasteiger partial charge in [0, 0.05) is 25.8 Å². The van der Waals surface area contributed by atoms with Gasteiger partial charge in [-0.05, 0) is 30.7 Å². The predicted octanol–water partition coefficient (Wildman–Crippen LogP) is 2.85. The molecule has 20 heavy (non-hydrogen) atoms. The monoisotopic (exact) mass is 276 g/mol. The van der Waals surface area contributed by atoms with Crippen molar-refractivity contribution in [3.8, 4) is 0 Å². The number of hydrogen-bond acceptors (Lipinski definition) is 4. The van der Waals surface area contributed by atoms with Crippen LogP contribution in [0.1, 0.15) is 46.2 Å². The molecule has 4 nitrogen and oxygen atoms in total. The van der Waals surface area contributed by atoms with E-state index in [1.807, 2.05) is 12.4 Å². The van der Waals surface area contributed by atoms with E-state index >= 15 is 0 Å². The molecule has 1 fully saturated rings. The van der Waals surface area contributed by atoms with Crippen LogP contribution in [0.25, 0.3) is 0 Å². The van der Waals surface area contributed by atoms with Crippen molar-refractivity contribution >= 4 is 5.82 Å². The average Bonchev–Trinajstić information content (AvgIpc) is 2.89. The number of aromatic nitrogens is 2. The molecule has 0 spiro atoms. The normalized spacial score (nSPS) is 19.6. The minimum Gasteiger partial charge on any atom is -0.355 e. The molecule has 1 N–H and O–H groups in total. The second-order valence-corrected chi connectivity index (χ2v) is 6.84. The van der Waals surface area contributed by atoms with Gasteiger partial charge < -0.3 is 10.2 Å². The minimum atomic E-state index is 0.377. The lowest BCUT2D eigenvalue weighted by atomic mass is 9.80. The van der Waals surface area contributed by atoms with Crippen LogP contribution in [0.2, 0.25) is 0 Å². The molecule has 0 bridgehead atoms. The standard InChI is InChI=1S/C16H28N4/c1-5-7-17-9-14-10-18-11-15(19-14)20-8-6-13(12-20)16(2,3)4/h10-11,13,17H,5-9,12H2,1-4H3. The quantitative estimate of drug-likeness (QED) is 0.840. The van der Waals surface area contributed by atoms with E-state index in [0.717, 1.165) is 50.0 Å². The Morgan fingerprint density at radius 3 is 2.80 bits per heavy atom. The van der Waals surface area contributed by atoms with Gasteiger partial charge >= 0.3 is 0 Å². The summed E-state index contributed by atoms with van der Waals surface area (Å²) >= 11 is 0. The maximum absolute atomic E-state index is 4.74. The molecule has 1 aromatic rings. The number of nitrogens with zero attached hydrogens (tertiary/aromatic N) is 3. The first-order chi connectivity index (χ1) is 9.50. The Balaban J connectivity index is 1.98. The zero-order valence-electron chi connectivity index (χ0n) is 13.3. The summed E-state index contributed by atoms with van der Waals surface area (Å²) in [4.78, 5) is 11.5. The van der Waals surface area contributed by atoms with Crippen molar-refractivity contribution in [2.24, 2.45) is 11.3 Å². The molecule has 1 saturated heterocycles. The molecule has 2 heterocycles. The molecule has 0 radical (unpaired) electrons. The van der Waals surface area contributed by atoms with Crippen LogP contribution in [0.3, 0.4) is 0 Å². The summed E-state index contributed by atoms with van der Waals surface area (Å²) in [5, 5.41) is 3.38. The summed E-state index contributed by atoms with van der Waals surface area (Å²) in [6.07, 6.45) is 6.16. The lowest BCUT2D eigenvalue weighted by molar-refractivity contribution is 0.263. The molecule has 0 saturated carbocycles. The highest BCUT2D eigenvalue weighted by molar-refractivity contribution is 5.38. The molecular weight excluding hydrogens is 248 g/mol. The Kier molecular flexibility index (Phi) is 4.97. The average molecular weight is 276 g/mol. The molecule has 0 aromatic carbocycles. The van der Waals surface area contributed by atoms with Crippen LogP contribution in [0.5, 0.6) is 0 Å². The van der Waals surface area contributed by atoms with Crippen molar-refractivity contribution in [1.29, 1.82) is 0 Å². The zero-order chi connectivity index (χ0) is 14.6. The van der Waals surface area contributed by atoms with Gasteiger partial charge in [-0.25, -0.2) is 4.98 Å². The molecular formula is C16H28N4. The van der Waals surface area contributed by atoms with Gasteiger partial charge in [-0.3, -0.25) is 4.98 Å². The number of anilines is 1. The molecule has 2 rings (SSSR count). The highest BCUT2D eigenvalue weighted by Crippen LogP contribution is 2.34. The van der Waals surface area contributed by atoms with Crippen LogP contribution in [-0.2, 0) is 6.54 Å². The van der Waals surface area contributed by atoms with Gasteiger partial charge in [0.25, 0.3) is 0 Å². The van der Waals surface area contributed by atoms with E-state index in [2.05, 4.69) is 42.9 Å². The molecule has 1 atom stereocenters. The highest BCUT2D eigenvalue weighted by atomic mass is 15.2. The van der Waals surface area contributed by atoms with Crippen LogP contribution in [0, 0.1) is 11.3 Å². The summed E-state index contributed by atoms with van der Waals surface area (Å²) < 4.78 is 0. The molecule has 1 unspecified atom stereocenters. The minimum absolute atomic E-state index is 0.377. The van der Waals surface area contributed by atoms with Gasteiger partial charge in [-0.1, -0.05) is 27.7 Å². The van der Waals surface area contributed by atoms with Crippen LogP contribution < -0.4 is 10.2 Å². The van der Waals surface area contributed by atoms with E-state index in [1.165, 1.54) is 6.42 Å². The van der Waals surface area contributed by atoms with Gasteiger partial charge in [-0.2, -0.15) is 0 Å². The maximum atomic E-state index is 4.74. The van der Waals surface area contributed by atoms with Crippen molar-refractivity contribution in [1.82, 2.24) is 15.3 Å². The van der Waals surface area contributed by atoms with Crippen molar-refractivity contribution in [3.05, 3.63) is 18.1 Å². The van der Waals surface area contributed by atoms with E-state index in [4.69, 9.17) is 4.98 Å². The predicted molar refractivity (Wildman–Crippen MR) is 83.8 cm³/mol. The van der Waals surface area contributed by atoms with E-state index < -0.39 is 0 Å². The third-order valence-corrected chi connectivity index (χ3v) is 4.14. The molecule has 112 valence electrons. The van der Waals surface area contributed by atoms with Crippen LogP contribution in [-0.4, -0.2) is 29.6 Å². The zero-order valence-corrected chi connectivity index (χ0v) is 13.3. The first-order valence-electron chi connectivity index (χ1n) is 7.77. The molecule has 0 aliphatic carbocycles. The van der Waals surface area contributed by atoms with E-state index in [0.29, 0.717) is 5.41 Å². The Labute approximate surface area is 123 Å². The fourth-order valence-corrected chi connectivity index (χ4v) is 2.70. The summed E-state index contributed by atoms with van der Waals surface area (Å²) in [7, 11) is 0. The largest absolute Gasteiger partial charge is 0.355 e. The number of nitrogens with one attached hydrogen (secondary N) is 1. The van der Waals surface area contributed by atoms with Crippen molar-refractivity contribution < 1.29 is 0 Å². The van der Waals surface area contributed by atoms with E-state index in [1.54, 1.807) is 0 Å². The second kappa shape index (κ2) is 6.53. The lowest BCUT2D eigenvalue weighted by Gasteiger charge is -2.27. The molecule has 1 aromatic heterocycles. The van der Waals surface area contributed by atoms with Crippen molar-refractivity contribution in [2.45, 2.75) is 47.1 Å². The molecule has 1 aliphatic heterocycles. The lowest BCUT2D eigenvalue weighted by Crippen LogP contribution is -2.26.